The predicted molar refractivity (Wildman–Crippen MR) is 94.5 cm³/mol. The fourth-order valence-electron chi connectivity index (χ4n) is 2.53. The first-order valence-corrected chi connectivity index (χ1v) is 8.76. The zero-order chi connectivity index (χ0) is 19.1. The number of rotatable bonds is 8. The minimum absolute atomic E-state index is 0.000205. The van der Waals surface area contributed by atoms with Crippen molar-refractivity contribution in [2.75, 3.05) is 13.7 Å². The van der Waals surface area contributed by atoms with E-state index < -0.39 is 25.1 Å². The maximum Gasteiger partial charge on any atom is 0.459 e. The van der Waals surface area contributed by atoms with Crippen LogP contribution in [0.5, 0.6) is 0 Å². The molecule has 1 aromatic rings. The maximum absolute atomic E-state index is 12.4. The van der Waals surface area contributed by atoms with E-state index in [9.17, 15) is 14.6 Å². The molecular weight excluding hydrogens is 363 g/mol. The third-order valence-electron chi connectivity index (χ3n) is 3.82. The Morgan fingerprint density at radius 3 is 2.96 bits per heavy atom. The summed E-state index contributed by atoms with van der Waals surface area (Å²) >= 11 is 1.26. The fourth-order valence-corrected chi connectivity index (χ4v) is 3.16. The minimum atomic E-state index is -1.14. The molecule has 0 aromatic carbocycles. The number of hydrogen-bond acceptors (Lipinski definition) is 8. The molecule has 0 aliphatic carbocycles. The van der Waals surface area contributed by atoms with Gasteiger partial charge >= 0.3 is 18.2 Å². The van der Waals surface area contributed by atoms with E-state index in [1.807, 2.05) is 0 Å². The van der Waals surface area contributed by atoms with Crippen LogP contribution in [0.4, 0.5) is 5.13 Å². The molecule has 26 heavy (non-hydrogen) atoms. The lowest BCUT2D eigenvalue weighted by Gasteiger charge is -2.30. The highest BCUT2D eigenvalue weighted by molar-refractivity contribution is 7.13. The average molecular weight is 383 g/mol. The first kappa shape index (κ1) is 20.0. The lowest BCUT2D eigenvalue weighted by atomic mass is 9.66. The normalized spacial score (nSPS) is 20.5. The summed E-state index contributed by atoms with van der Waals surface area (Å²) < 4.78 is 5.30. The molecule has 1 aliphatic heterocycles. The second kappa shape index (κ2) is 9.41. The first-order valence-electron chi connectivity index (χ1n) is 7.88. The van der Waals surface area contributed by atoms with Gasteiger partial charge in [0.05, 0.1) is 24.6 Å². The van der Waals surface area contributed by atoms with Crippen LogP contribution in [0.2, 0.25) is 5.82 Å². The Balaban J connectivity index is 1.93. The summed E-state index contributed by atoms with van der Waals surface area (Å²) in [4.78, 5) is 34.6. The van der Waals surface area contributed by atoms with Gasteiger partial charge in [-0.15, -0.1) is 0 Å². The third-order valence-corrected chi connectivity index (χ3v) is 4.62. The summed E-state index contributed by atoms with van der Waals surface area (Å²) in [6.45, 7) is 3.64. The summed E-state index contributed by atoms with van der Waals surface area (Å²) in [5.41, 5.74) is 0.336. The molecule has 12 heteroatoms. The van der Waals surface area contributed by atoms with Gasteiger partial charge in [-0.05, 0) is 17.8 Å². The molecule has 2 atom stereocenters. The number of nitrogens with one attached hydrogen (secondary N) is 2. The highest BCUT2D eigenvalue weighted by atomic mass is 32.1. The van der Waals surface area contributed by atoms with Crippen molar-refractivity contribution in [3.8, 4) is 0 Å². The van der Waals surface area contributed by atoms with E-state index in [1.165, 1.54) is 18.4 Å². The highest BCUT2D eigenvalue weighted by Gasteiger charge is 2.36. The first-order chi connectivity index (χ1) is 12.4. The van der Waals surface area contributed by atoms with Crippen molar-refractivity contribution in [2.45, 2.75) is 31.2 Å². The number of amides is 1. The number of carbonyl (C=O) groups excluding carboxylic acids is 1. The van der Waals surface area contributed by atoms with Crippen LogP contribution in [0.3, 0.4) is 0 Å². The number of thiazole rings is 1. The third kappa shape index (κ3) is 5.34. The van der Waals surface area contributed by atoms with Crippen LogP contribution in [-0.4, -0.2) is 66.3 Å². The van der Waals surface area contributed by atoms with Crippen molar-refractivity contribution in [2.24, 2.45) is 5.16 Å². The second-order valence-electron chi connectivity index (χ2n) is 5.63. The van der Waals surface area contributed by atoms with Crippen LogP contribution in [0.15, 0.2) is 10.5 Å². The molecule has 0 bridgehead atoms. The number of carbonyl (C=O) groups is 2. The standard InChI is InChI=1S/C14H19BN4O6S/c1-16-14-18-10(7-26-14)12(19-24-2)13(22)17-6-8-3-4-9(5-11(20)21)25-15(8)23/h7-9,23H,1,3-6H2,2H3,(H,17,22)(H,20,21)/p+1/b19-12-/t8-,9+/m1/s1. The van der Waals surface area contributed by atoms with Gasteiger partial charge < -0.3 is 24.9 Å². The number of hydrogen-bond donors (Lipinski definition) is 4. The van der Waals surface area contributed by atoms with Gasteiger partial charge in [-0.1, -0.05) is 16.5 Å². The Morgan fingerprint density at radius 1 is 1.62 bits per heavy atom. The molecule has 2 heterocycles. The average Bonchev–Trinajstić information content (AvgIpc) is 3.07. The largest absolute Gasteiger partial charge is 0.481 e. The van der Waals surface area contributed by atoms with Crippen LogP contribution < -0.4 is 10.3 Å². The Bertz CT molecular complexity index is 697. The molecule has 140 valence electrons. The van der Waals surface area contributed by atoms with Crippen molar-refractivity contribution in [3.63, 3.8) is 0 Å². The lowest BCUT2D eigenvalue weighted by molar-refractivity contribution is -0.341. The van der Waals surface area contributed by atoms with Gasteiger partial charge in [0.1, 0.15) is 7.11 Å². The van der Waals surface area contributed by atoms with E-state index in [-0.39, 0.29) is 24.5 Å². The van der Waals surface area contributed by atoms with Crippen molar-refractivity contribution >= 4 is 47.9 Å². The van der Waals surface area contributed by atoms with Gasteiger partial charge in [0.25, 0.3) is 5.91 Å². The van der Waals surface area contributed by atoms with Crippen molar-refractivity contribution in [1.82, 2.24) is 10.3 Å². The lowest BCUT2D eigenvalue weighted by Crippen LogP contribution is -2.57. The topological polar surface area (TPSA) is 144 Å². The summed E-state index contributed by atoms with van der Waals surface area (Å²) in [6, 6.07) is 0. The maximum atomic E-state index is 12.4. The van der Waals surface area contributed by atoms with Crippen LogP contribution >= 0.6 is 11.3 Å². The van der Waals surface area contributed by atoms with E-state index in [0.717, 1.165) is 0 Å². The molecule has 1 aliphatic rings. The molecule has 2 rings (SSSR count). The van der Waals surface area contributed by atoms with Crippen LogP contribution in [0, 0.1) is 0 Å². The number of carboxylic acids is 1. The molecule has 10 nitrogen and oxygen atoms in total. The van der Waals surface area contributed by atoms with E-state index in [4.69, 9.17) is 14.6 Å². The molecule has 4 N–H and O–H groups in total. The summed E-state index contributed by atoms with van der Waals surface area (Å²) in [7, 11) is 0.180. The highest BCUT2D eigenvalue weighted by Crippen LogP contribution is 2.27. The Morgan fingerprint density at radius 2 is 2.38 bits per heavy atom. The molecule has 1 fully saturated rings. The van der Waals surface area contributed by atoms with Crippen LogP contribution in [-0.2, 0) is 19.1 Å². The molecule has 1 amide bonds. The quantitative estimate of drug-likeness (QED) is 0.244. The van der Waals surface area contributed by atoms with Crippen molar-refractivity contribution in [1.29, 1.82) is 0 Å². The number of aromatic nitrogens is 1. The monoisotopic (exact) mass is 383 g/mol. The Labute approximate surface area is 154 Å². The van der Waals surface area contributed by atoms with Gasteiger partial charge in [0.15, 0.2) is 0 Å². The van der Waals surface area contributed by atoms with E-state index in [0.29, 0.717) is 23.7 Å². The van der Waals surface area contributed by atoms with Gasteiger partial charge in [-0.25, -0.2) is 4.99 Å². The number of aliphatic carboxylic acids is 1. The molecular formula is C14H20BN4O6S+. The van der Waals surface area contributed by atoms with Gasteiger partial charge in [-0.2, -0.15) is 0 Å². The van der Waals surface area contributed by atoms with Crippen molar-refractivity contribution in [3.05, 3.63) is 11.1 Å². The molecule has 0 saturated carbocycles. The molecule has 0 spiro atoms. The Hall–Kier alpha value is -2.31. The van der Waals surface area contributed by atoms with Crippen molar-refractivity contribution < 1.29 is 34.2 Å². The number of oxime groups is 1. The zero-order valence-electron chi connectivity index (χ0n) is 14.2. The van der Waals surface area contributed by atoms with Crippen LogP contribution in [0.1, 0.15) is 25.0 Å². The van der Waals surface area contributed by atoms with Crippen LogP contribution in [0.25, 0.3) is 0 Å². The SMILES string of the molecule is C=[NH+]c1nc(/C(=N/OC)C(=O)NC[C@H]2CC[C@@H](CC(=O)O)OB2O)cs1. The number of nitrogens with zero attached hydrogens (tertiary/aromatic N) is 2. The second-order valence-corrected chi connectivity index (χ2v) is 6.49. The molecule has 0 radical (unpaired) electrons. The molecule has 0 unspecified atom stereocenters. The summed E-state index contributed by atoms with van der Waals surface area (Å²) in [6.07, 6.45) is 0.340. The molecule has 1 aromatic heterocycles. The van der Waals surface area contributed by atoms with Gasteiger partial charge in [0, 0.05) is 12.4 Å². The number of carboxylic acid groups (broad SMARTS) is 1. The Kier molecular flexibility index (Phi) is 7.24. The zero-order valence-corrected chi connectivity index (χ0v) is 15.0. The smallest absolute Gasteiger partial charge is 0.459 e. The summed E-state index contributed by atoms with van der Waals surface area (Å²) in [5.74, 6) is -1.83. The van der Waals surface area contributed by atoms with E-state index >= 15 is 0 Å². The summed E-state index contributed by atoms with van der Waals surface area (Å²) in [5, 5.41) is 27.3. The fraction of sp³-hybridized carbons (Fsp3) is 0.500. The minimum Gasteiger partial charge on any atom is -0.481 e. The van der Waals surface area contributed by atoms with Gasteiger partial charge in [-0.3, -0.25) is 9.59 Å². The predicted octanol–water partition coefficient (Wildman–Crippen LogP) is -1.47. The van der Waals surface area contributed by atoms with E-state index in [1.54, 1.807) is 5.38 Å². The van der Waals surface area contributed by atoms with Gasteiger partial charge in [0.2, 0.25) is 11.4 Å². The molecule has 1 saturated heterocycles. The van der Waals surface area contributed by atoms with E-state index in [2.05, 4.69) is 27.2 Å².